The minimum Gasteiger partial charge on any atom is -0.394 e. The number of ether oxygens (including phenoxy) is 2. The molecule has 2 rings (SSSR count). The van der Waals surface area contributed by atoms with Crippen LogP contribution in [-0.4, -0.2) is 86.2 Å². The summed E-state index contributed by atoms with van der Waals surface area (Å²) in [7, 11) is 0. The van der Waals surface area contributed by atoms with Gasteiger partial charge in [0.2, 0.25) is 0 Å². The van der Waals surface area contributed by atoms with Gasteiger partial charge in [-0.25, -0.2) is 0 Å². The maximum Gasteiger partial charge on any atom is 0.0698 e. The minimum absolute atomic E-state index is 0.122. The van der Waals surface area contributed by atoms with Crippen LogP contribution in [-0.2, 0) is 9.47 Å². The zero-order valence-electron chi connectivity index (χ0n) is 12.1. The fraction of sp³-hybridized carbons (Fsp3) is 1.00. The van der Waals surface area contributed by atoms with Crippen LogP contribution < -0.4 is 0 Å². The lowest BCUT2D eigenvalue weighted by molar-refractivity contribution is -0.0444. The van der Waals surface area contributed by atoms with Gasteiger partial charge in [0.05, 0.1) is 32.5 Å². The number of nitrogens with zero attached hydrogens (tertiary/aromatic N) is 2. The Labute approximate surface area is 116 Å². The average molecular weight is 272 g/mol. The monoisotopic (exact) mass is 272 g/mol. The van der Waals surface area contributed by atoms with E-state index in [9.17, 15) is 0 Å². The van der Waals surface area contributed by atoms with Crippen molar-refractivity contribution < 1.29 is 14.6 Å². The van der Waals surface area contributed by atoms with Crippen LogP contribution in [0.1, 0.15) is 19.8 Å². The van der Waals surface area contributed by atoms with Gasteiger partial charge in [-0.2, -0.15) is 0 Å². The highest BCUT2D eigenvalue weighted by Crippen LogP contribution is 2.19. The van der Waals surface area contributed by atoms with E-state index >= 15 is 0 Å². The van der Waals surface area contributed by atoms with Gasteiger partial charge in [0.15, 0.2) is 0 Å². The summed E-state index contributed by atoms with van der Waals surface area (Å²) in [6.07, 6.45) is 2.90. The predicted molar refractivity (Wildman–Crippen MR) is 74.4 cm³/mol. The van der Waals surface area contributed by atoms with Gasteiger partial charge < -0.3 is 19.5 Å². The molecular weight excluding hydrogens is 244 g/mol. The van der Waals surface area contributed by atoms with Crippen LogP contribution in [0.3, 0.4) is 0 Å². The summed E-state index contributed by atoms with van der Waals surface area (Å²) >= 11 is 0. The Morgan fingerprint density at radius 2 is 2.00 bits per heavy atom. The molecule has 0 aromatic heterocycles. The Hall–Kier alpha value is -0.200. The summed E-state index contributed by atoms with van der Waals surface area (Å²) < 4.78 is 10.9. The number of aliphatic hydroxyl groups excluding tert-OH is 1. The van der Waals surface area contributed by atoms with E-state index in [0.717, 1.165) is 38.9 Å². The molecule has 2 heterocycles. The summed E-state index contributed by atoms with van der Waals surface area (Å²) in [5, 5.41) is 8.65. The highest BCUT2D eigenvalue weighted by Gasteiger charge is 2.27. The van der Waals surface area contributed by atoms with Crippen LogP contribution in [0.2, 0.25) is 0 Å². The van der Waals surface area contributed by atoms with Crippen molar-refractivity contribution in [2.45, 2.75) is 31.9 Å². The number of aliphatic hydroxyl groups is 1. The average Bonchev–Trinajstić information content (AvgIpc) is 2.44. The Morgan fingerprint density at radius 3 is 2.68 bits per heavy atom. The second kappa shape index (κ2) is 8.17. The van der Waals surface area contributed by atoms with Crippen LogP contribution in [0.5, 0.6) is 0 Å². The summed E-state index contributed by atoms with van der Waals surface area (Å²) in [6.45, 7) is 9.87. The minimum atomic E-state index is 0.122. The Kier molecular flexibility index (Phi) is 6.53. The van der Waals surface area contributed by atoms with E-state index in [0.29, 0.717) is 12.7 Å². The summed E-state index contributed by atoms with van der Waals surface area (Å²) in [5.74, 6) is 0. The molecule has 2 fully saturated rings. The first-order valence-electron chi connectivity index (χ1n) is 7.56. The number of piperidine rings is 1. The zero-order valence-corrected chi connectivity index (χ0v) is 12.1. The molecule has 1 unspecified atom stereocenters. The lowest BCUT2D eigenvalue weighted by atomic mass is 10.0. The molecule has 112 valence electrons. The second-order valence-corrected chi connectivity index (χ2v) is 5.59. The Balaban J connectivity index is 1.62. The van der Waals surface area contributed by atoms with E-state index in [1.807, 2.05) is 0 Å². The maximum atomic E-state index is 8.65. The summed E-state index contributed by atoms with van der Waals surface area (Å²) in [4.78, 5) is 5.07. The molecule has 0 radical (unpaired) electrons. The topological polar surface area (TPSA) is 45.2 Å². The van der Waals surface area contributed by atoms with Crippen LogP contribution in [0.4, 0.5) is 0 Å². The van der Waals surface area contributed by atoms with Crippen molar-refractivity contribution in [1.29, 1.82) is 0 Å². The SMILES string of the molecule is CC1CN(C2CCN(CCOCCO)CC2)CCO1. The number of morpholine rings is 1. The van der Waals surface area contributed by atoms with Crippen molar-refractivity contribution in [3.05, 3.63) is 0 Å². The van der Waals surface area contributed by atoms with E-state index in [-0.39, 0.29) is 6.61 Å². The third kappa shape index (κ3) is 5.00. The summed E-state index contributed by atoms with van der Waals surface area (Å²) in [6, 6.07) is 0.737. The normalized spacial score (nSPS) is 27.8. The molecule has 0 saturated carbocycles. The molecule has 2 aliphatic rings. The van der Waals surface area contributed by atoms with Crippen molar-refractivity contribution in [3.63, 3.8) is 0 Å². The highest BCUT2D eigenvalue weighted by atomic mass is 16.5. The van der Waals surface area contributed by atoms with Gasteiger partial charge >= 0.3 is 0 Å². The molecule has 1 N–H and O–H groups in total. The van der Waals surface area contributed by atoms with Crippen LogP contribution >= 0.6 is 0 Å². The number of hydrogen-bond acceptors (Lipinski definition) is 5. The first-order valence-corrected chi connectivity index (χ1v) is 7.56. The van der Waals surface area contributed by atoms with Crippen LogP contribution in [0, 0.1) is 0 Å². The number of rotatable bonds is 6. The quantitative estimate of drug-likeness (QED) is 0.699. The molecule has 2 saturated heterocycles. The third-order valence-electron chi connectivity index (χ3n) is 4.13. The van der Waals surface area contributed by atoms with Crippen molar-refractivity contribution in [2.24, 2.45) is 0 Å². The molecule has 1 atom stereocenters. The van der Waals surface area contributed by atoms with Crippen molar-refractivity contribution in [2.75, 3.05) is 59.2 Å². The molecule has 0 amide bonds. The molecule has 19 heavy (non-hydrogen) atoms. The van der Waals surface area contributed by atoms with Gasteiger partial charge in [-0.15, -0.1) is 0 Å². The van der Waals surface area contributed by atoms with Gasteiger partial charge in [-0.1, -0.05) is 0 Å². The van der Waals surface area contributed by atoms with E-state index < -0.39 is 0 Å². The third-order valence-corrected chi connectivity index (χ3v) is 4.13. The standard InChI is InChI=1S/C14H28N2O3/c1-13-12-16(7-10-19-13)14-2-4-15(5-3-14)6-9-18-11-8-17/h13-14,17H,2-12H2,1H3. The van der Waals surface area contributed by atoms with E-state index in [2.05, 4.69) is 16.7 Å². The maximum absolute atomic E-state index is 8.65. The first-order chi connectivity index (χ1) is 9.29. The molecule has 5 heteroatoms. The summed E-state index contributed by atoms with van der Waals surface area (Å²) in [5.41, 5.74) is 0. The molecule has 0 aromatic rings. The molecular formula is C14H28N2O3. The van der Waals surface area contributed by atoms with E-state index in [1.54, 1.807) is 0 Å². The van der Waals surface area contributed by atoms with Gasteiger partial charge in [0.1, 0.15) is 0 Å². The lowest BCUT2D eigenvalue weighted by Crippen LogP contribution is -2.51. The van der Waals surface area contributed by atoms with Gasteiger partial charge in [0, 0.05) is 25.7 Å². The van der Waals surface area contributed by atoms with Crippen molar-refractivity contribution in [1.82, 2.24) is 9.80 Å². The fourth-order valence-corrected chi connectivity index (χ4v) is 3.05. The molecule has 5 nitrogen and oxygen atoms in total. The molecule has 0 spiro atoms. The largest absolute Gasteiger partial charge is 0.394 e. The van der Waals surface area contributed by atoms with E-state index in [1.165, 1.54) is 25.9 Å². The predicted octanol–water partition coefficient (Wildman–Crippen LogP) is 0.180. The molecule has 0 bridgehead atoms. The van der Waals surface area contributed by atoms with Crippen LogP contribution in [0.25, 0.3) is 0 Å². The second-order valence-electron chi connectivity index (χ2n) is 5.59. The first kappa shape index (κ1) is 15.2. The van der Waals surface area contributed by atoms with Crippen molar-refractivity contribution in [3.8, 4) is 0 Å². The van der Waals surface area contributed by atoms with E-state index in [4.69, 9.17) is 14.6 Å². The van der Waals surface area contributed by atoms with Gasteiger partial charge in [-0.3, -0.25) is 4.90 Å². The van der Waals surface area contributed by atoms with Crippen LogP contribution in [0.15, 0.2) is 0 Å². The van der Waals surface area contributed by atoms with Crippen molar-refractivity contribution >= 4 is 0 Å². The highest BCUT2D eigenvalue weighted by molar-refractivity contribution is 4.82. The van der Waals surface area contributed by atoms with Gasteiger partial charge in [0.25, 0.3) is 0 Å². The molecule has 0 aromatic carbocycles. The molecule has 2 aliphatic heterocycles. The van der Waals surface area contributed by atoms with Gasteiger partial charge in [-0.05, 0) is 32.9 Å². The lowest BCUT2D eigenvalue weighted by Gasteiger charge is -2.41. The molecule has 0 aliphatic carbocycles. The number of hydrogen-bond donors (Lipinski definition) is 1. The smallest absolute Gasteiger partial charge is 0.0698 e. The Morgan fingerprint density at radius 1 is 1.21 bits per heavy atom. The number of likely N-dealkylation sites (tertiary alicyclic amines) is 1. The zero-order chi connectivity index (χ0) is 13.5. The Bertz CT molecular complexity index is 245. The fourth-order valence-electron chi connectivity index (χ4n) is 3.05.